The molecule has 0 radical (unpaired) electrons. The molecule has 0 spiro atoms. The highest BCUT2D eigenvalue weighted by molar-refractivity contribution is 7.09. The Morgan fingerprint density at radius 2 is 2.30 bits per heavy atom. The van der Waals surface area contributed by atoms with Crippen LogP contribution in [0.1, 0.15) is 10.7 Å². The molecule has 56 valence electrons. The Bertz CT molecular complexity index is 200. The summed E-state index contributed by atoms with van der Waals surface area (Å²) in [6.07, 6.45) is 0. The molecule has 1 N–H and O–H groups in total. The van der Waals surface area contributed by atoms with E-state index in [1.165, 1.54) is 10.7 Å². The molecule has 3 heteroatoms. The van der Waals surface area contributed by atoms with Gasteiger partial charge >= 0.3 is 0 Å². The number of aryl methyl sites for hydroxylation is 2. The third kappa shape index (κ3) is 1.36. The lowest BCUT2D eigenvalue weighted by atomic mass is 10.5. The lowest BCUT2D eigenvalue weighted by molar-refractivity contribution is -0.704. The van der Waals surface area contributed by atoms with Crippen molar-refractivity contribution in [3.05, 3.63) is 16.1 Å². The standard InChI is InChI=1S/C7H12NOS/c1-6-5-10-7(2)8(6)3-4-9/h5,9H,3-4H2,1-2H3/q+1. The van der Waals surface area contributed by atoms with Crippen molar-refractivity contribution < 1.29 is 9.67 Å². The van der Waals surface area contributed by atoms with E-state index >= 15 is 0 Å². The van der Waals surface area contributed by atoms with E-state index in [2.05, 4.69) is 23.8 Å². The molecule has 0 aliphatic rings. The van der Waals surface area contributed by atoms with Crippen LogP contribution in [-0.4, -0.2) is 11.7 Å². The molecule has 0 aromatic carbocycles. The largest absolute Gasteiger partial charge is 0.390 e. The fraction of sp³-hybridized carbons (Fsp3) is 0.571. The van der Waals surface area contributed by atoms with E-state index in [0.29, 0.717) is 0 Å². The topological polar surface area (TPSA) is 24.1 Å². The number of rotatable bonds is 2. The van der Waals surface area contributed by atoms with Gasteiger partial charge in [0.1, 0.15) is 6.61 Å². The molecule has 10 heavy (non-hydrogen) atoms. The first-order valence-electron chi connectivity index (χ1n) is 3.31. The van der Waals surface area contributed by atoms with Crippen molar-refractivity contribution in [1.82, 2.24) is 0 Å². The van der Waals surface area contributed by atoms with Gasteiger partial charge < -0.3 is 5.11 Å². The van der Waals surface area contributed by atoms with Crippen LogP contribution in [0.5, 0.6) is 0 Å². The number of nitrogens with zero attached hydrogens (tertiary/aromatic N) is 1. The summed E-state index contributed by atoms with van der Waals surface area (Å²) in [4.78, 5) is 0. The van der Waals surface area contributed by atoms with Crippen molar-refractivity contribution in [1.29, 1.82) is 0 Å². The molecule has 1 heterocycles. The second-order valence-electron chi connectivity index (χ2n) is 2.27. The fourth-order valence-corrected chi connectivity index (χ4v) is 1.81. The van der Waals surface area contributed by atoms with Crippen molar-refractivity contribution in [2.75, 3.05) is 6.61 Å². The molecule has 0 fully saturated rings. The van der Waals surface area contributed by atoms with E-state index in [1.807, 2.05) is 0 Å². The van der Waals surface area contributed by atoms with Gasteiger partial charge in [-0.2, -0.15) is 4.57 Å². The van der Waals surface area contributed by atoms with E-state index in [9.17, 15) is 0 Å². The number of hydrogen-bond donors (Lipinski definition) is 1. The molecule has 0 aliphatic carbocycles. The molecule has 1 aromatic heterocycles. The van der Waals surface area contributed by atoms with Gasteiger partial charge in [-0.15, -0.1) is 0 Å². The average molecular weight is 158 g/mol. The summed E-state index contributed by atoms with van der Waals surface area (Å²) in [7, 11) is 0. The average Bonchev–Trinajstić information content (AvgIpc) is 2.20. The minimum Gasteiger partial charge on any atom is -0.390 e. The van der Waals surface area contributed by atoms with Crippen molar-refractivity contribution >= 4 is 11.3 Å². The maximum absolute atomic E-state index is 8.67. The lowest BCUT2D eigenvalue weighted by Gasteiger charge is -1.91. The van der Waals surface area contributed by atoms with E-state index in [1.54, 1.807) is 11.3 Å². The summed E-state index contributed by atoms with van der Waals surface area (Å²) in [5, 5.41) is 12.0. The van der Waals surface area contributed by atoms with Crippen LogP contribution in [0, 0.1) is 13.8 Å². The second kappa shape index (κ2) is 3.12. The number of aliphatic hydroxyl groups excluding tert-OH is 1. The maximum atomic E-state index is 8.67. The Morgan fingerprint density at radius 3 is 2.70 bits per heavy atom. The molecule has 0 unspecified atom stereocenters. The van der Waals surface area contributed by atoms with Gasteiger partial charge in [0.05, 0.1) is 5.38 Å². The predicted molar refractivity (Wildman–Crippen MR) is 41.1 cm³/mol. The molecule has 2 nitrogen and oxygen atoms in total. The number of aliphatic hydroxyl groups is 1. The highest BCUT2D eigenvalue weighted by Gasteiger charge is 2.10. The number of aromatic nitrogens is 1. The van der Waals surface area contributed by atoms with Crippen LogP contribution in [0.15, 0.2) is 5.38 Å². The van der Waals surface area contributed by atoms with Gasteiger partial charge in [-0.05, 0) is 0 Å². The predicted octanol–water partition coefficient (Wildman–Crippen LogP) is 0.645. The first-order chi connectivity index (χ1) is 4.75. The molecule has 0 aliphatic heterocycles. The van der Waals surface area contributed by atoms with Gasteiger partial charge in [-0.3, -0.25) is 0 Å². The minimum absolute atomic E-state index is 0.225. The Morgan fingerprint density at radius 1 is 1.60 bits per heavy atom. The smallest absolute Gasteiger partial charge is 0.234 e. The molecule has 0 amide bonds. The Balaban J connectivity index is 2.87. The second-order valence-corrected chi connectivity index (χ2v) is 3.33. The highest BCUT2D eigenvalue weighted by Crippen LogP contribution is 2.03. The number of thiazole rings is 1. The van der Waals surface area contributed by atoms with Crippen LogP contribution in [0.2, 0.25) is 0 Å². The van der Waals surface area contributed by atoms with Crippen molar-refractivity contribution in [2.45, 2.75) is 20.4 Å². The van der Waals surface area contributed by atoms with Gasteiger partial charge in [0.15, 0.2) is 12.2 Å². The third-order valence-electron chi connectivity index (χ3n) is 1.53. The van der Waals surface area contributed by atoms with Crippen LogP contribution >= 0.6 is 11.3 Å². The number of hydrogen-bond acceptors (Lipinski definition) is 2. The summed E-state index contributed by atoms with van der Waals surface area (Å²) in [5.74, 6) is 0. The monoisotopic (exact) mass is 158 g/mol. The van der Waals surface area contributed by atoms with Gasteiger partial charge in [-0.25, -0.2) is 0 Å². The summed E-state index contributed by atoms with van der Waals surface area (Å²) < 4.78 is 2.12. The Kier molecular flexibility index (Phi) is 2.40. The summed E-state index contributed by atoms with van der Waals surface area (Å²) >= 11 is 1.72. The highest BCUT2D eigenvalue weighted by atomic mass is 32.1. The Labute approximate surface area is 64.8 Å². The van der Waals surface area contributed by atoms with E-state index in [-0.39, 0.29) is 6.61 Å². The third-order valence-corrected chi connectivity index (χ3v) is 2.55. The molecule has 0 atom stereocenters. The first-order valence-corrected chi connectivity index (χ1v) is 4.19. The van der Waals surface area contributed by atoms with Gasteiger partial charge in [0.25, 0.3) is 0 Å². The van der Waals surface area contributed by atoms with Crippen LogP contribution in [0.3, 0.4) is 0 Å². The summed E-state index contributed by atoms with van der Waals surface area (Å²) in [6.45, 7) is 5.07. The quantitative estimate of drug-likeness (QED) is 0.628. The van der Waals surface area contributed by atoms with Crippen molar-refractivity contribution in [3.63, 3.8) is 0 Å². The molecule has 1 aromatic rings. The van der Waals surface area contributed by atoms with Gasteiger partial charge in [0, 0.05) is 13.8 Å². The van der Waals surface area contributed by atoms with Crippen molar-refractivity contribution in [2.24, 2.45) is 0 Å². The SMILES string of the molecule is Cc1csc(C)[n+]1CCO. The normalized spacial score (nSPS) is 10.3. The molecule has 0 saturated heterocycles. The fourth-order valence-electron chi connectivity index (χ4n) is 0.980. The summed E-state index contributed by atoms with van der Waals surface area (Å²) in [5.41, 5.74) is 1.23. The van der Waals surface area contributed by atoms with Crippen LogP contribution < -0.4 is 4.57 Å². The Hall–Kier alpha value is -0.410. The zero-order chi connectivity index (χ0) is 7.56. The van der Waals surface area contributed by atoms with E-state index < -0.39 is 0 Å². The zero-order valence-electron chi connectivity index (χ0n) is 6.29. The van der Waals surface area contributed by atoms with Gasteiger partial charge in [-0.1, -0.05) is 11.3 Å². The zero-order valence-corrected chi connectivity index (χ0v) is 7.11. The van der Waals surface area contributed by atoms with E-state index in [0.717, 1.165) is 6.54 Å². The first kappa shape index (κ1) is 7.69. The van der Waals surface area contributed by atoms with Crippen LogP contribution in [0.25, 0.3) is 0 Å². The molecule has 0 bridgehead atoms. The lowest BCUT2D eigenvalue weighted by Crippen LogP contribution is -2.38. The maximum Gasteiger partial charge on any atom is 0.234 e. The van der Waals surface area contributed by atoms with Crippen molar-refractivity contribution in [3.8, 4) is 0 Å². The molecule has 0 saturated carbocycles. The van der Waals surface area contributed by atoms with Crippen LogP contribution in [0.4, 0.5) is 0 Å². The molecular weight excluding hydrogens is 146 g/mol. The molecule has 1 rings (SSSR count). The van der Waals surface area contributed by atoms with Crippen LogP contribution in [-0.2, 0) is 6.54 Å². The minimum atomic E-state index is 0.225. The summed E-state index contributed by atoms with van der Waals surface area (Å²) in [6, 6.07) is 0. The molecular formula is C7H12NOS+. The van der Waals surface area contributed by atoms with Gasteiger partial charge in [0.2, 0.25) is 5.01 Å². The van der Waals surface area contributed by atoms with E-state index in [4.69, 9.17) is 5.11 Å².